The molecule has 404 valence electrons. The molecule has 0 aromatic carbocycles. The van der Waals surface area contributed by atoms with Crippen molar-refractivity contribution in [2.75, 3.05) is 124 Å². The summed E-state index contributed by atoms with van der Waals surface area (Å²) in [6.07, 6.45) is 1.86. The molecule has 0 aromatic heterocycles. The number of amides is 7. The van der Waals surface area contributed by atoms with E-state index in [4.69, 9.17) is 0 Å². The summed E-state index contributed by atoms with van der Waals surface area (Å²) in [5, 5.41) is 67.2. The van der Waals surface area contributed by atoms with Crippen LogP contribution < -0.4 is 42.5 Å². The van der Waals surface area contributed by atoms with Crippen LogP contribution in [0.4, 0.5) is 0 Å². The van der Waals surface area contributed by atoms with E-state index in [2.05, 4.69) is 42.5 Å². The Labute approximate surface area is 412 Å². The maximum Gasteiger partial charge on any atom is 0.317 e. The lowest BCUT2D eigenvalue weighted by atomic mass is 9.84. The zero-order chi connectivity index (χ0) is 53.7. The van der Waals surface area contributed by atoms with Gasteiger partial charge in [-0.25, -0.2) is 0 Å². The van der Waals surface area contributed by atoms with Crippen LogP contribution in [0.2, 0.25) is 0 Å². The molecular formula is C43H76N12O16. The minimum Gasteiger partial charge on any atom is -0.480 e. The van der Waals surface area contributed by atoms with Crippen LogP contribution in [0, 0.1) is 5.41 Å². The topological polar surface area (TPSA) is 398 Å². The fraction of sp³-hybridized carbons (Fsp3) is 0.744. The van der Waals surface area contributed by atoms with Crippen LogP contribution in [0.3, 0.4) is 0 Å². The second-order valence-corrected chi connectivity index (χ2v) is 18.2. The van der Waals surface area contributed by atoms with Crippen LogP contribution in [-0.4, -0.2) is 259 Å². The van der Waals surface area contributed by atoms with E-state index < -0.39 is 110 Å². The summed E-state index contributed by atoms with van der Waals surface area (Å²) in [4.78, 5) is 141. The van der Waals surface area contributed by atoms with E-state index >= 15 is 0 Å². The van der Waals surface area contributed by atoms with E-state index in [9.17, 15) is 78.3 Å². The largest absolute Gasteiger partial charge is 0.480 e. The molecular weight excluding hydrogens is 941 g/mol. The minimum absolute atomic E-state index is 0.104. The minimum atomic E-state index is -1.54. The van der Waals surface area contributed by atoms with E-state index in [1.165, 1.54) is 0 Å². The molecule has 1 fully saturated rings. The van der Waals surface area contributed by atoms with Gasteiger partial charge >= 0.3 is 17.9 Å². The smallest absolute Gasteiger partial charge is 0.317 e. The SMILES string of the molecule is CC(C)N[C@H](CCCCNC(=O)CNC(=O)CNC(=O)[C@H](CO)NC(=O)CNC(=O)CNC(=O)[C@H](CO)NC(=O)CN1CCN(CC(=O)O)CCN(CC(=O)O)CCN(CC(=O)O)CC1)C(=O)C(C)(C)C. The van der Waals surface area contributed by atoms with Crippen LogP contribution in [0.5, 0.6) is 0 Å². The summed E-state index contributed by atoms with van der Waals surface area (Å²) in [6, 6.07) is -3.28. The molecule has 3 atom stereocenters. The number of hydrogen-bond acceptors (Lipinski definition) is 18. The first-order valence-corrected chi connectivity index (χ1v) is 23.3. The van der Waals surface area contributed by atoms with E-state index in [-0.39, 0.29) is 103 Å². The number of Topliss-reactive ketones (excluding diaryl/α,β-unsaturated/α-hetero) is 1. The van der Waals surface area contributed by atoms with Crippen molar-refractivity contribution in [3.63, 3.8) is 0 Å². The lowest BCUT2D eigenvalue weighted by Crippen LogP contribution is -2.54. The second kappa shape index (κ2) is 33.6. The van der Waals surface area contributed by atoms with Crippen molar-refractivity contribution < 1.29 is 78.3 Å². The summed E-state index contributed by atoms with van der Waals surface area (Å²) in [7, 11) is 0. The summed E-state index contributed by atoms with van der Waals surface area (Å²) < 4.78 is 0. The lowest BCUT2D eigenvalue weighted by Gasteiger charge is -2.33. The van der Waals surface area contributed by atoms with Gasteiger partial charge in [0.05, 0.1) is 71.6 Å². The molecule has 1 aliphatic rings. The molecule has 28 heteroatoms. The van der Waals surface area contributed by atoms with Crippen molar-refractivity contribution in [2.24, 2.45) is 5.41 Å². The molecule has 13 N–H and O–H groups in total. The average Bonchev–Trinajstić information content (AvgIpc) is 3.28. The number of aliphatic hydroxyl groups is 2. The van der Waals surface area contributed by atoms with Crippen molar-refractivity contribution in [1.82, 2.24) is 62.1 Å². The van der Waals surface area contributed by atoms with Crippen LogP contribution in [0.15, 0.2) is 0 Å². The molecule has 0 unspecified atom stereocenters. The Morgan fingerprint density at radius 2 is 0.817 bits per heavy atom. The highest BCUT2D eigenvalue weighted by Gasteiger charge is 2.30. The number of carbonyl (C=O) groups is 11. The quantitative estimate of drug-likeness (QED) is 0.0297. The Kier molecular flexibility index (Phi) is 29.9. The maximum atomic E-state index is 13.1. The summed E-state index contributed by atoms with van der Waals surface area (Å²) in [5.41, 5.74) is -0.505. The van der Waals surface area contributed by atoms with Crippen molar-refractivity contribution in [3.8, 4) is 0 Å². The number of aliphatic hydroxyl groups excluding tert-OH is 2. The van der Waals surface area contributed by atoms with Gasteiger partial charge < -0.3 is 68.1 Å². The number of carboxylic acids is 3. The summed E-state index contributed by atoms with van der Waals surface area (Å²) in [5.74, 6) is -9.02. The maximum absolute atomic E-state index is 13.1. The third-order valence-electron chi connectivity index (χ3n) is 10.6. The van der Waals surface area contributed by atoms with Crippen LogP contribution in [0.25, 0.3) is 0 Å². The highest BCUT2D eigenvalue weighted by molar-refractivity contribution is 5.94. The number of aliphatic carboxylic acids is 3. The van der Waals surface area contributed by atoms with Crippen LogP contribution >= 0.6 is 0 Å². The molecule has 1 aliphatic heterocycles. The standard InChI is InChI=1S/C43H76N12O16/c1-28(2)49-29(40(69)43(3,4)5)8-6-7-9-44-32(58)18-45-33(59)19-47-41(70)30(26-56)50-35(61)21-46-34(60)20-48-42(71)31(27-57)51-36(62)22-52-10-12-53(23-37(63)64)14-16-55(25-39(67)68)17-15-54(13-11-52)24-38(65)66/h28-31,49,56-57H,6-27H2,1-5H3,(H,44,58)(H,45,59)(H,46,60)(H,47,70)(H,48,71)(H,50,61)(H,51,62)(H,63,64)(H,65,66)(H,67,68)/t29-,30+,31+/m1/s1. The molecule has 0 aliphatic carbocycles. The predicted octanol–water partition coefficient (Wildman–Crippen LogP) is -6.85. The number of carbonyl (C=O) groups excluding carboxylic acids is 8. The van der Waals surface area contributed by atoms with E-state index in [0.29, 0.717) is 25.8 Å². The molecule has 71 heavy (non-hydrogen) atoms. The Balaban J connectivity index is 2.57. The number of rotatable bonds is 30. The molecule has 7 amide bonds. The predicted molar refractivity (Wildman–Crippen MR) is 252 cm³/mol. The zero-order valence-electron chi connectivity index (χ0n) is 41.4. The molecule has 0 aromatic rings. The number of unbranched alkanes of at least 4 members (excludes halogenated alkanes) is 1. The molecule has 0 spiro atoms. The van der Waals surface area contributed by atoms with Gasteiger partial charge in [0.2, 0.25) is 41.4 Å². The van der Waals surface area contributed by atoms with E-state index in [1.807, 2.05) is 34.6 Å². The van der Waals surface area contributed by atoms with E-state index in [1.54, 1.807) is 19.6 Å². The Hall–Kier alpha value is -5.91. The number of carboxylic acid groups (broad SMARTS) is 3. The molecule has 0 saturated carbocycles. The highest BCUT2D eigenvalue weighted by atomic mass is 16.4. The molecule has 1 heterocycles. The highest BCUT2D eigenvalue weighted by Crippen LogP contribution is 2.20. The van der Waals surface area contributed by atoms with Gasteiger partial charge in [-0.1, -0.05) is 34.6 Å². The lowest BCUT2D eigenvalue weighted by molar-refractivity contribution is -0.140. The monoisotopic (exact) mass is 1020 g/mol. The van der Waals surface area contributed by atoms with Crippen LogP contribution in [0.1, 0.15) is 53.9 Å². The molecule has 1 rings (SSSR count). The Morgan fingerprint density at radius 3 is 1.18 bits per heavy atom. The molecule has 0 bridgehead atoms. The van der Waals surface area contributed by atoms with Crippen molar-refractivity contribution in [2.45, 2.75) is 78.0 Å². The first-order chi connectivity index (χ1) is 33.3. The van der Waals surface area contributed by atoms with Gasteiger partial charge in [-0.2, -0.15) is 0 Å². The number of hydrogen-bond donors (Lipinski definition) is 13. The summed E-state index contributed by atoms with van der Waals surface area (Å²) >= 11 is 0. The van der Waals surface area contributed by atoms with Gasteiger partial charge in [-0.3, -0.25) is 72.3 Å². The van der Waals surface area contributed by atoms with Crippen molar-refractivity contribution in [3.05, 3.63) is 0 Å². The van der Waals surface area contributed by atoms with Gasteiger partial charge in [-0.05, 0) is 19.3 Å². The Morgan fingerprint density at radius 1 is 0.465 bits per heavy atom. The molecule has 0 radical (unpaired) electrons. The number of ketones is 1. The fourth-order valence-corrected chi connectivity index (χ4v) is 6.90. The summed E-state index contributed by atoms with van der Waals surface area (Å²) in [6.45, 7) is 5.23. The van der Waals surface area contributed by atoms with Crippen LogP contribution in [-0.2, 0) is 52.7 Å². The second-order valence-electron chi connectivity index (χ2n) is 18.2. The number of nitrogens with one attached hydrogen (secondary N) is 8. The van der Waals surface area contributed by atoms with Gasteiger partial charge in [0, 0.05) is 70.4 Å². The van der Waals surface area contributed by atoms with Crippen molar-refractivity contribution in [1.29, 1.82) is 0 Å². The van der Waals surface area contributed by atoms with Gasteiger partial charge in [0.1, 0.15) is 12.1 Å². The first kappa shape index (κ1) is 63.1. The van der Waals surface area contributed by atoms with Gasteiger partial charge in [0.25, 0.3) is 0 Å². The van der Waals surface area contributed by atoms with E-state index in [0.717, 1.165) is 0 Å². The Bertz CT molecular complexity index is 1770. The zero-order valence-corrected chi connectivity index (χ0v) is 41.4. The molecule has 28 nitrogen and oxygen atoms in total. The van der Waals surface area contributed by atoms with Gasteiger partial charge in [0.15, 0.2) is 5.78 Å². The van der Waals surface area contributed by atoms with Gasteiger partial charge in [-0.15, -0.1) is 0 Å². The molecule has 1 saturated heterocycles. The van der Waals surface area contributed by atoms with Crippen molar-refractivity contribution >= 4 is 65.0 Å². The first-order valence-electron chi connectivity index (χ1n) is 23.3. The third-order valence-corrected chi connectivity index (χ3v) is 10.6. The third kappa shape index (κ3) is 29.1. The normalized spacial score (nSPS) is 15.9. The average molecular weight is 1020 g/mol. The fourth-order valence-electron chi connectivity index (χ4n) is 6.90. The number of nitrogens with zero attached hydrogens (tertiary/aromatic N) is 4.